The Labute approximate surface area is 121 Å². The van der Waals surface area contributed by atoms with Crippen LogP contribution in [0.5, 0.6) is 0 Å². The summed E-state index contributed by atoms with van der Waals surface area (Å²) in [7, 11) is 0. The second kappa shape index (κ2) is 5.65. The molecule has 0 aromatic carbocycles. The van der Waals surface area contributed by atoms with E-state index in [4.69, 9.17) is 23.2 Å². The van der Waals surface area contributed by atoms with Crippen molar-refractivity contribution in [3.63, 3.8) is 0 Å². The molecule has 0 bridgehead atoms. The van der Waals surface area contributed by atoms with Crippen LogP contribution in [0.15, 0.2) is 35.1 Å². The van der Waals surface area contributed by atoms with E-state index in [1.54, 1.807) is 18.5 Å². The van der Waals surface area contributed by atoms with Gasteiger partial charge in [0.2, 0.25) is 0 Å². The number of carbonyl (C=O) groups is 1. The van der Waals surface area contributed by atoms with E-state index in [0.717, 1.165) is 0 Å². The molecule has 4 nitrogen and oxygen atoms in total. The summed E-state index contributed by atoms with van der Waals surface area (Å²) >= 11 is 14.9. The predicted molar refractivity (Wildman–Crippen MR) is 74.1 cm³/mol. The number of pyridine rings is 2. The number of nitrogens with zero attached hydrogens (tertiary/aromatic N) is 2. The first-order valence-corrected chi connectivity index (χ1v) is 6.35. The Kier molecular flexibility index (Phi) is 4.16. The molecule has 0 aliphatic carbocycles. The second-order valence-corrected chi connectivity index (χ2v) is 4.92. The molecule has 2 aromatic rings. The Morgan fingerprint density at radius 2 is 2.06 bits per heavy atom. The molecule has 2 rings (SSSR count). The number of hydrogen-bond acceptors (Lipinski definition) is 3. The van der Waals surface area contributed by atoms with Gasteiger partial charge >= 0.3 is 0 Å². The molecule has 0 aliphatic rings. The quantitative estimate of drug-likeness (QED) is 0.841. The van der Waals surface area contributed by atoms with Gasteiger partial charge < -0.3 is 5.32 Å². The zero-order valence-electron chi connectivity index (χ0n) is 8.82. The van der Waals surface area contributed by atoms with Gasteiger partial charge in [-0.2, -0.15) is 0 Å². The van der Waals surface area contributed by atoms with Crippen molar-refractivity contribution in [3.8, 4) is 0 Å². The van der Waals surface area contributed by atoms with Crippen molar-refractivity contribution in [2.75, 3.05) is 5.32 Å². The van der Waals surface area contributed by atoms with Crippen molar-refractivity contribution in [2.24, 2.45) is 0 Å². The molecule has 0 spiro atoms. The molecule has 92 valence electrons. The summed E-state index contributed by atoms with van der Waals surface area (Å²) in [5, 5.41) is 3.11. The third-order valence-corrected chi connectivity index (χ3v) is 3.20. The lowest BCUT2D eigenvalue weighted by Crippen LogP contribution is -2.14. The van der Waals surface area contributed by atoms with Gasteiger partial charge in [0.1, 0.15) is 10.8 Å². The van der Waals surface area contributed by atoms with Gasteiger partial charge in [-0.3, -0.25) is 9.78 Å². The van der Waals surface area contributed by atoms with Crippen LogP contribution in [0, 0.1) is 0 Å². The summed E-state index contributed by atoms with van der Waals surface area (Å²) in [6.07, 6.45) is 3.13. The van der Waals surface area contributed by atoms with Crippen LogP contribution in [-0.2, 0) is 0 Å². The molecule has 0 unspecified atom stereocenters. The fourth-order valence-corrected chi connectivity index (χ4v) is 1.92. The Hall–Kier alpha value is -1.17. The molecule has 2 heterocycles. The number of hydrogen-bond donors (Lipinski definition) is 1. The average molecular weight is 347 g/mol. The van der Waals surface area contributed by atoms with Crippen LogP contribution in [0.1, 0.15) is 10.5 Å². The van der Waals surface area contributed by atoms with Crippen molar-refractivity contribution in [1.29, 1.82) is 0 Å². The number of rotatable bonds is 2. The molecule has 1 amide bonds. The minimum Gasteiger partial charge on any atom is -0.319 e. The fraction of sp³-hybridized carbons (Fsp3) is 0. The van der Waals surface area contributed by atoms with Crippen molar-refractivity contribution in [3.05, 3.63) is 50.9 Å². The summed E-state index contributed by atoms with van der Waals surface area (Å²) in [5.74, 6) is -0.436. The number of amides is 1. The van der Waals surface area contributed by atoms with Crippen LogP contribution >= 0.6 is 39.1 Å². The average Bonchev–Trinajstić information content (AvgIpc) is 2.35. The molecule has 2 aromatic heterocycles. The number of carbonyl (C=O) groups excluding carboxylic acids is 1. The highest BCUT2D eigenvalue weighted by Gasteiger charge is 2.14. The topological polar surface area (TPSA) is 54.9 Å². The first kappa shape index (κ1) is 13.3. The van der Waals surface area contributed by atoms with Gasteiger partial charge in [-0.1, -0.05) is 23.2 Å². The van der Waals surface area contributed by atoms with E-state index < -0.39 is 5.91 Å². The highest BCUT2D eigenvalue weighted by molar-refractivity contribution is 9.10. The molecule has 1 N–H and O–H groups in total. The van der Waals surface area contributed by atoms with E-state index >= 15 is 0 Å². The van der Waals surface area contributed by atoms with E-state index in [1.807, 2.05) is 0 Å². The molecule has 7 heteroatoms. The van der Waals surface area contributed by atoms with Crippen molar-refractivity contribution < 1.29 is 4.79 Å². The number of nitrogens with one attached hydrogen (secondary N) is 1. The van der Waals surface area contributed by atoms with Crippen LogP contribution < -0.4 is 5.32 Å². The minimum atomic E-state index is -0.436. The fourth-order valence-electron chi connectivity index (χ4n) is 1.24. The molecular weight excluding hydrogens is 341 g/mol. The van der Waals surface area contributed by atoms with Gasteiger partial charge in [0.15, 0.2) is 0 Å². The second-order valence-electron chi connectivity index (χ2n) is 3.27. The third-order valence-electron chi connectivity index (χ3n) is 2.05. The largest absolute Gasteiger partial charge is 0.319 e. The van der Waals surface area contributed by atoms with Crippen molar-refractivity contribution >= 4 is 50.7 Å². The maximum Gasteiger partial charge on any atom is 0.275 e. The van der Waals surface area contributed by atoms with Gasteiger partial charge in [-0.15, -0.1) is 0 Å². The standard InChI is InChI=1S/C11H6BrCl2N3O/c12-6-5-15-4-3-8(6)16-11(18)10-7(13)1-2-9(14)17-10/h1-5H,(H,15,16,18). The number of halogens is 3. The highest BCUT2D eigenvalue weighted by Crippen LogP contribution is 2.22. The van der Waals surface area contributed by atoms with Crippen molar-refractivity contribution in [1.82, 2.24) is 9.97 Å². The van der Waals surface area contributed by atoms with Crippen LogP contribution in [0.2, 0.25) is 10.2 Å². The predicted octanol–water partition coefficient (Wildman–Crippen LogP) is 3.80. The van der Waals surface area contributed by atoms with E-state index in [2.05, 4.69) is 31.2 Å². The number of anilines is 1. The molecule has 0 fully saturated rings. The lowest BCUT2D eigenvalue weighted by molar-refractivity contribution is 0.102. The first-order chi connectivity index (χ1) is 8.58. The Morgan fingerprint density at radius 1 is 1.28 bits per heavy atom. The SMILES string of the molecule is O=C(Nc1ccncc1Br)c1nc(Cl)ccc1Cl. The smallest absolute Gasteiger partial charge is 0.275 e. The maximum absolute atomic E-state index is 12.0. The van der Waals surface area contributed by atoms with Gasteiger partial charge in [0, 0.05) is 12.4 Å². The Morgan fingerprint density at radius 3 is 2.78 bits per heavy atom. The van der Waals surface area contributed by atoms with E-state index in [1.165, 1.54) is 12.1 Å². The number of aromatic nitrogens is 2. The summed E-state index contributed by atoms with van der Waals surface area (Å²) in [5.41, 5.74) is 0.653. The van der Waals surface area contributed by atoms with Gasteiger partial charge in [-0.05, 0) is 34.1 Å². The molecule has 0 atom stereocenters. The molecule has 0 radical (unpaired) electrons. The van der Waals surface area contributed by atoms with E-state index in [0.29, 0.717) is 10.2 Å². The highest BCUT2D eigenvalue weighted by atomic mass is 79.9. The van der Waals surface area contributed by atoms with Crippen LogP contribution in [0.4, 0.5) is 5.69 Å². The van der Waals surface area contributed by atoms with Gasteiger partial charge in [-0.25, -0.2) is 4.98 Å². The summed E-state index contributed by atoms with van der Waals surface area (Å²) in [6.45, 7) is 0. The van der Waals surface area contributed by atoms with E-state index in [-0.39, 0.29) is 15.9 Å². The normalized spacial score (nSPS) is 10.2. The van der Waals surface area contributed by atoms with Crippen LogP contribution in [-0.4, -0.2) is 15.9 Å². The molecule has 18 heavy (non-hydrogen) atoms. The lowest BCUT2D eigenvalue weighted by Gasteiger charge is -2.07. The summed E-state index contributed by atoms with van der Waals surface area (Å²) in [6, 6.07) is 4.69. The third kappa shape index (κ3) is 2.98. The Balaban J connectivity index is 2.28. The summed E-state index contributed by atoms with van der Waals surface area (Å²) in [4.78, 5) is 19.8. The Bertz CT molecular complexity index is 607. The lowest BCUT2D eigenvalue weighted by atomic mass is 10.3. The monoisotopic (exact) mass is 345 g/mol. The van der Waals surface area contributed by atoms with Crippen LogP contribution in [0.3, 0.4) is 0 Å². The van der Waals surface area contributed by atoms with Gasteiger partial charge in [0.05, 0.1) is 15.2 Å². The first-order valence-electron chi connectivity index (χ1n) is 4.81. The van der Waals surface area contributed by atoms with Gasteiger partial charge in [0.25, 0.3) is 5.91 Å². The maximum atomic E-state index is 12.0. The zero-order chi connectivity index (χ0) is 13.1. The molecular formula is C11H6BrCl2N3O. The molecule has 0 saturated heterocycles. The van der Waals surface area contributed by atoms with E-state index in [9.17, 15) is 4.79 Å². The van der Waals surface area contributed by atoms with Crippen LogP contribution in [0.25, 0.3) is 0 Å². The molecule has 0 aliphatic heterocycles. The minimum absolute atomic E-state index is 0.0767. The zero-order valence-corrected chi connectivity index (χ0v) is 11.9. The van der Waals surface area contributed by atoms with Crippen molar-refractivity contribution in [2.45, 2.75) is 0 Å². The molecule has 0 saturated carbocycles. The summed E-state index contributed by atoms with van der Waals surface area (Å²) < 4.78 is 0.663.